The number of thioether (sulfide) groups is 1. The Hall–Kier alpha value is -3.34. The maximum absolute atomic E-state index is 13.0. The molecule has 1 fully saturated rings. The van der Waals surface area contributed by atoms with Crippen molar-refractivity contribution in [2.45, 2.75) is 17.8 Å². The predicted molar refractivity (Wildman–Crippen MR) is 112 cm³/mol. The smallest absolute Gasteiger partial charge is 0.418 e. The van der Waals surface area contributed by atoms with Gasteiger partial charge >= 0.3 is 6.18 Å². The third-order valence-electron chi connectivity index (χ3n) is 4.14. The lowest BCUT2D eigenvalue weighted by molar-refractivity contribution is -0.137. The zero-order valence-corrected chi connectivity index (χ0v) is 17.0. The van der Waals surface area contributed by atoms with Gasteiger partial charge in [-0.3, -0.25) is 9.59 Å². The fourth-order valence-corrected chi connectivity index (χ4v) is 3.64. The Morgan fingerprint density at radius 2 is 1.94 bits per heavy atom. The average Bonchev–Trinajstić information content (AvgIpc) is 3.07. The van der Waals surface area contributed by atoms with Gasteiger partial charge in [-0.05, 0) is 24.3 Å². The van der Waals surface area contributed by atoms with Crippen LogP contribution in [0.4, 0.5) is 18.9 Å². The van der Waals surface area contributed by atoms with Gasteiger partial charge in [0.15, 0.2) is 5.17 Å². The van der Waals surface area contributed by atoms with Gasteiger partial charge in [0.25, 0.3) is 0 Å². The number of amides is 2. The highest BCUT2D eigenvalue weighted by Gasteiger charge is 2.35. The monoisotopic (exact) mass is 450 g/mol. The number of hydrogen-bond acceptors (Lipinski definition) is 6. The SMILES string of the molecule is COc1ccccc1/C=N\N=C1/NC(=O)[C@@H](CC(=O)Nc2ccccc2C(F)(F)F)S1. The molecule has 0 unspecified atom stereocenters. The van der Waals surface area contributed by atoms with Crippen LogP contribution in [-0.2, 0) is 15.8 Å². The zero-order chi connectivity index (χ0) is 22.4. The van der Waals surface area contributed by atoms with E-state index in [0.29, 0.717) is 11.3 Å². The Bertz CT molecular complexity index is 1040. The van der Waals surface area contributed by atoms with E-state index in [1.165, 1.54) is 25.5 Å². The van der Waals surface area contributed by atoms with Crippen LogP contribution < -0.4 is 15.4 Å². The summed E-state index contributed by atoms with van der Waals surface area (Å²) < 4.78 is 44.3. The molecular formula is C20H17F3N4O3S. The third-order valence-corrected chi connectivity index (χ3v) is 5.21. The van der Waals surface area contributed by atoms with E-state index in [9.17, 15) is 22.8 Å². The number of benzene rings is 2. The number of amidine groups is 1. The fourth-order valence-electron chi connectivity index (χ4n) is 2.71. The minimum Gasteiger partial charge on any atom is -0.496 e. The minimum absolute atomic E-state index is 0.185. The van der Waals surface area contributed by atoms with Crippen molar-refractivity contribution in [2.75, 3.05) is 12.4 Å². The molecule has 2 amide bonds. The van der Waals surface area contributed by atoms with Gasteiger partial charge in [-0.15, -0.1) is 5.10 Å². The third kappa shape index (κ3) is 5.85. The van der Waals surface area contributed by atoms with Crippen molar-refractivity contribution in [3.05, 3.63) is 59.7 Å². The number of anilines is 1. The van der Waals surface area contributed by atoms with Gasteiger partial charge in [0.1, 0.15) is 11.0 Å². The summed E-state index contributed by atoms with van der Waals surface area (Å²) in [4.78, 5) is 24.3. The van der Waals surface area contributed by atoms with Gasteiger partial charge in [-0.2, -0.15) is 18.3 Å². The molecule has 3 rings (SSSR count). The first-order valence-electron chi connectivity index (χ1n) is 8.95. The predicted octanol–water partition coefficient (Wildman–Crippen LogP) is 3.66. The Morgan fingerprint density at radius 1 is 1.23 bits per heavy atom. The first kappa shape index (κ1) is 22.3. The van der Waals surface area contributed by atoms with Gasteiger partial charge in [-0.1, -0.05) is 36.0 Å². The number of ether oxygens (including phenoxy) is 1. The summed E-state index contributed by atoms with van der Waals surface area (Å²) in [6.45, 7) is 0. The van der Waals surface area contributed by atoms with Crippen LogP contribution >= 0.6 is 11.8 Å². The van der Waals surface area contributed by atoms with Gasteiger partial charge < -0.3 is 15.4 Å². The highest BCUT2D eigenvalue weighted by atomic mass is 32.2. The minimum atomic E-state index is -4.61. The summed E-state index contributed by atoms with van der Waals surface area (Å²) in [5.41, 5.74) is -0.638. The molecule has 162 valence electrons. The summed E-state index contributed by atoms with van der Waals surface area (Å²) in [6.07, 6.45) is -3.48. The van der Waals surface area contributed by atoms with E-state index in [0.717, 1.165) is 23.9 Å². The average molecular weight is 450 g/mol. The van der Waals surface area contributed by atoms with Gasteiger partial charge in [0.2, 0.25) is 11.8 Å². The summed E-state index contributed by atoms with van der Waals surface area (Å²) in [7, 11) is 1.52. The zero-order valence-electron chi connectivity index (χ0n) is 16.1. The lowest BCUT2D eigenvalue weighted by Crippen LogP contribution is -2.28. The second-order valence-electron chi connectivity index (χ2n) is 6.28. The van der Waals surface area contributed by atoms with Gasteiger partial charge in [-0.25, -0.2) is 0 Å². The highest BCUT2D eigenvalue weighted by Crippen LogP contribution is 2.34. The Kier molecular flexibility index (Phi) is 6.95. The molecule has 2 aromatic carbocycles. The second kappa shape index (κ2) is 9.65. The van der Waals surface area contributed by atoms with Crippen LogP contribution in [0.5, 0.6) is 5.75 Å². The maximum atomic E-state index is 13.0. The number of para-hydroxylation sites is 2. The first-order valence-corrected chi connectivity index (χ1v) is 9.83. The molecule has 1 saturated heterocycles. The van der Waals surface area contributed by atoms with Gasteiger partial charge in [0.05, 0.1) is 24.6 Å². The van der Waals surface area contributed by atoms with Crippen molar-refractivity contribution in [3.63, 3.8) is 0 Å². The van der Waals surface area contributed by atoms with Crippen LogP contribution in [0.15, 0.2) is 58.7 Å². The molecule has 0 bridgehead atoms. The molecular weight excluding hydrogens is 433 g/mol. The molecule has 0 spiro atoms. The van der Waals surface area contributed by atoms with E-state index >= 15 is 0 Å². The van der Waals surface area contributed by atoms with E-state index in [2.05, 4.69) is 20.8 Å². The van der Waals surface area contributed by atoms with Crippen LogP contribution in [0.2, 0.25) is 0 Å². The molecule has 1 aliphatic heterocycles. The van der Waals surface area contributed by atoms with Crippen LogP contribution in [0.1, 0.15) is 17.5 Å². The molecule has 0 aliphatic carbocycles. The summed E-state index contributed by atoms with van der Waals surface area (Å²) >= 11 is 0.974. The highest BCUT2D eigenvalue weighted by molar-refractivity contribution is 8.15. The standard InChI is InChI=1S/C20H17F3N4O3S/c1-30-15-9-5-2-6-12(15)11-24-27-19-26-18(29)16(31-19)10-17(28)25-14-8-4-3-7-13(14)20(21,22)23/h2-9,11,16H,10H2,1H3,(H,25,28)(H,26,27,29)/b24-11-/t16-/m1/s1. The molecule has 0 aromatic heterocycles. The number of rotatable bonds is 6. The first-order chi connectivity index (χ1) is 14.8. The normalized spacial score (nSPS) is 17.7. The fraction of sp³-hybridized carbons (Fsp3) is 0.200. The summed E-state index contributed by atoms with van der Waals surface area (Å²) in [6, 6.07) is 11.8. The number of nitrogens with zero attached hydrogens (tertiary/aromatic N) is 2. The molecule has 11 heteroatoms. The Morgan fingerprint density at radius 3 is 2.68 bits per heavy atom. The molecule has 1 atom stereocenters. The number of halogens is 3. The second-order valence-corrected chi connectivity index (χ2v) is 7.47. The molecule has 1 aliphatic rings. The van der Waals surface area contributed by atoms with E-state index in [-0.39, 0.29) is 17.3 Å². The number of alkyl halides is 3. The Balaban J connectivity index is 1.62. The molecule has 1 heterocycles. The van der Waals surface area contributed by atoms with Crippen molar-refractivity contribution >= 4 is 40.6 Å². The van der Waals surface area contributed by atoms with Crippen molar-refractivity contribution < 1.29 is 27.5 Å². The van der Waals surface area contributed by atoms with Crippen molar-refractivity contribution in [3.8, 4) is 5.75 Å². The van der Waals surface area contributed by atoms with Crippen LogP contribution in [-0.4, -0.2) is 35.6 Å². The van der Waals surface area contributed by atoms with E-state index < -0.39 is 28.8 Å². The Labute approximate surface area is 179 Å². The number of carbonyl (C=O) groups is 2. The molecule has 31 heavy (non-hydrogen) atoms. The maximum Gasteiger partial charge on any atom is 0.418 e. The number of hydrogen-bond donors (Lipinski definition) is 2. The van der Waals surface area contributed by atoms with E-state index in [4.69, 9.17) is 4.74 Å². The van der Waals surface area contributed by atoms with Crippen LogP contribution in [0, 0.1) is 0 Å². The summed E-state index contributed by atoms with van der Waals surface area (Å²) in [5, 5.41) is 11.9. The van der Waals surface area contributed by atoms with Crippen molar-refractivity contribution in [1.29, 1.82) is 0 Å². The van der Waals surface area contributed by atoms with E-state index in [1.807, 2.05) is 0 Å². The van der Waals surface area contributed by atoms with Crippen molar-refractivity contribution in [1.82, 2.24) is 5.32 Å². The number of methoxy groups -OCH3 is 1. The lowest BCUT2D eigenvalue weighted by atomic mass is 10.1. The number of nitrogens with one attached hydrogen (secondary N) is 2. The summed E-state index contributed by atoms with van der Waals surface area (Å²) in [5.74, 6) is -0.595. The lowest BCUT2D eigenvalue weighted by Gasteiger charge is -2.14. The van der Waals surface area contributed by atoms with Crippen LogP contribution in [0.3, 0.4) is 0 Å². The van der Waals surface area contributed by atoms with Gasteiger partial charge in [0, 0.05) is 12.0 Å². The van der Waals surface area contributed by atoms with E-state index in [1.54, 1.807) is 24.3 Å². The molecule has 2 N–H and O–H groups in total. The van der Waals surface area contributed by atoms with Crippen molar-refractivity contribution in [2.24, 2.45) is 10.2 Å². The van der Waals surface area contributed by atoms with Crippen LogP contribution in [0.25, 0.3) is 0 Å². The molecule has 0 saturated carbocycles. The molecule has 0 radical (unpaired) electrons. The number of carbonyl (C=O) groups excluding carboxylic acids is 2. The molecule has 7 nitrogen and oxygen atoms in total. The molecule has 2 aromatic rings. The quantitative estimate of drug-likeness (QED) is 0.519. The topological polar surface area (TPSA) is 92.2 Å². The largest absolute Gasteiger partial charge is 0.496 e.